The Morgan fingerprint density at radius 1 is 1.13 bits per heavy atom. The van der Waals surface area contributed by atoms with Gasteiger partial charge in [0, 0.05) is 12.4 Å². The topological polar surface area (TPSA) is 57.3 Å². The highest BCUT2D eigenvalue weighted by atomic mass is 19.4. The lowest BCUT2D eigenvalue weighted by Crippen LogP contribution is -2.51. The van der Waals surface area contributed by atoms with E-state index in [1.807, 2.05) is 0 Å². The van der Waals surface area contributed by atoms with Crippen molar-refractivity contribution in [1.82, 2.24) is 20.5 Å². The van der Waals surface area contributed by atoms with Crippen molar-refractivity contribution in [2.75, 3.05) is 0 Å². The maximum absolute atomic E-state index is 13.6. The number of hydrogen-bond acceptors (Lipinski definition) is 4. The highest BCUT2D eigenvalue weighted by molar-refractivity contribution is 5.87. The van der Waals surface area contributed by atoms with Crippen molar-refractivity contribution >= 4 is 11.6 Å². The monoisotopic (exact) mass is 416 g/mol. The van der Waals surface area contributed by atoms with Crippen LogP contribution in [0.25, 0.3) is 5.70 Å². The summed E-state index contributed by atoms with van der Waals surface area (Å²) in [6.45, 7) is 0. The zero-order chi connectivity index (χ0) is 21.3. The van der Waals surface area contributed by atoms with Gasteiger partial charge in [0.1, 0.15) is 5.82 Å². The molecule has 1 aromatic heterocycles. The summed E-state index contributed by atoms with van der Waals surface area (Å²) < 4.78 is 54.1. The number of hydrogen-bond donors (Lipinski definition) is 2. The molecule has 0 saturated carbocycles. The number of alkyl halides is 3. The van der Waals surface area contributed by atoms with Crippen LogP contribution in [0.5, 0.6) is 0 Å². The second-order valence-corrected chi connectivity index (χ2v) is 6.66. The number of nitrogens with one attached hydrogen (secondary N) is 2. The highest BCUT2D eigenvalue weighted by Gasteiger charge is 2.45. The molecule has 3 heterocycles. The summed E-state index contributed by atoms with van der Waals surface area (Å²) in [5.74, 6) is -1.30. The number of fused-ring (bicyclic) bond motifs is 1. The first-order chi connectivity index (χ1) is 14.3. The average Bonchev–Trinajstić information content (AvgIpc) is 3.12. The Hall–Kier alpha value is -3.62. The van der Waals surface area contributed by atoms with Crippen molar-refractivity contribution in [1.29, 1.82) is 0 Å². The zero-order valence-electron chi connectivity index (χ0n) is 15.4. The van der Waals surface area contributed by atoms with Crippen LogP contribution in [0.4, 0.5) is 17.6 Å². The first kappa shape index (κ1) is 19.7. The summed E-state index contributed by atoms with van der Waals surface area (Å²) in [6.07, 6.45) is 2.11. The molecule has 4 rings (SSSR count). The van der Waals surface area contributed by atoms with E-state index < -0.39 is 30.1 Å². The number of nitrogens with zero attached hydrogens (tertiary/aromatic N) is 2. The van der Waals surface area contributed by atoms with Gasteiger partial charge in [-0.1, -0.05) is 12.1 Å². The molecule has 154 valence electrons. The minimum absolute atomic E-state index is 0.308. The number of carbonyl (C=O) groups is 1. The molecule has 0 radical (unpaired) electrons. The first-order valence-electron chi connectivity index (χ1n) is 9.02. The number of amides is 1. The minimum atomic E-state index is -4.73. The van der Waals surface area contributed by atoms with Gasteiger partial charge in [-0.3, -0.25) is 9.78 Å². The van der Waals surface area contributed by atoms with Gasteiger partial charge < -0.3 is 15.5 Å². The Labute approximate surface area is 169 Å². The fourth-order valence-electron chi connectivity index (χ4n) is 3.30. The number of carbonyl (C=O) groups excluding carboxylic acids is 1. The molecule has 2 unspecified atom stereocenters. The van der Waals surface area contributed by atoms with Crippen LogP contribution in [-0.4, -0.2) is 28.1 Å². The Morgan fingerprint density at radius 3 is 2.57 bits per heavy atom. The first-order valence-corrected chi connectivity index (χ1v) is 9.02. The molecule has 30 heavy (non-hydrogen) atoms. The zero-order valence-corrected chi connectivity index (χ0v) is 15.4. The third kappa shape index (κ3) is 3.78. The van der Waals surface area contributed by atoms with Crippen molar-refractivity contribution in [3.05, 3.63) is 95.9 Å². The normalized spacial score (nSPS) is 18.8. The van der Waals surface area contributed by atoms with Gasteiger partial charge in [0.25, 0.3) is 5.91 Å². The van der Waals surface area contributed by atoms with Crippen molar-refractivity contribution < 1.29 is 22.4 Å². The smallest absolute Gasteiger partial charge is 0.355 e. The van der Waals surface area contributed by atoms with Crippen LogP contribution < -0.4 is 10.6 Å². The van der Waals surface area contributed by atoms with Crippen LogP contribution in [0, 0.1) is 5.82 Å². The number of pyridine rings is 1. The molecule has 1 aromatic carbocycles. The second-order valence-electron chi connectivity index (χ2n) is 6.66. The third-order valence-electron chi connectivity index (χ3n) is 4.68. The van der Waals surface area contributed by atoms with Crippen molar-refractivity contribution in [3.63, 3.8) is 0 Å². The number of halogens is 4. The Morgan fingerprint density at radius 2 is 1.90 bits per heavy atom. The van der Waals surface area contributed by atoms with Gasteiger partial charge in [-0.2, -0.15) is 13.2 Å². The van der Waals surface area contributed by atoms with Crippen molar-refractivity contribution in [2.45, 2.75) is 18.4 Å². The molecule has 9 heteroatoms. The molecular formula is C21H16F4N4O. The number of aromatic nitrogens is 1. The standard InChI is InChI=1S/C21H16F4N4O/c22-14-9-7-13(8-10-14)17-16-6-2-4-12-29(16)19(27-17)20(30)28-18(21(23,24)25)15-5-1-3-11-26-15/h1-12,18-19,27H,(H,28,30). The summed E-state index contributed by atoms with van der Waals surface area (Å²) in [5.41, 5.74) is 1.39. The van der Waals surface area contributed by atoms with Gasteiger partial charge in [-0.05, 0) is 54.1 Å². The van der Waals surface area contributed by atoms with Gasteiger partial charge >= 0.3 is 6.18 Å². The summed E-state index contributed by atoms with van der Waals surface area (Å²) in [4.78, 5) is 18.1. The lowest BCUT2D eigenvalue weighted by Gasteiger charge is -2.28. The molecule has 1 amide bonds. The van der Waals surface area contributed by atoms with E-state index in [9.17, 15) is 22.4 Å². The van der Waals surface area contributed by atoms with Crippen LogP contribution in [-0.2, 0) is 4.79 Å². The van der Waals surface area contributed by atoms with Crippen molar-refractivity contribution in [3.8, 4) is 0 Å². The largest absolute Gasteiger partial charge is 0.414 e. The fraction of sp³-hybridized carbons (Fsp3) is 0.143. The molecule has 2 aliphatic rings. The molecule has 0 bridgehead atoms. The molecule has 2 atom stereocenters. The van der Waals surface area contributed by atoms with E-state index >= 15 is 0 Å². The van der Waals surface area contributed by atoms with Gasteiger partial charge in [-0.25, -0.2) is 4.39 Å². The van der Waals surface area contributed by atoms with Crippen LogP contribution >= 0.6 is 0 Å². The predicted octanol–water partition coefficient (Wildman–Crippen LogP) is 3.62. The van der Waals surface area contributed by atoms with Gasteiger partial charge in [-0.15, -0.1) is 0 Å². The van der Waals surface area contributed by atoms with E-state index in [0.717, 1.165) is 0 Å². The molecule has 2 aliphatic heterocycles. The maximum atomic E-state index is 13.6. The van der Waals surface area contributed by atoms with Crippen LogP contribution in [0.2, 0.25) is 0 Å². The number of benzene rings is 1. The molecule has 0 fully saturated rings. The summed E-state index contributed by atoms with van der Waals surface area (Å²) in [6, 6.07) is 7.46. The summed E-state index contributed by atoms with van der Waals surface area (Å²) >= 11 is 0. The van der Waals surface area contributed by atoms with E-state index in [0.29, 0.717) is 17.0 Å². The van der Waals surface area contributed by atoms with Crippen molar-refractivity contribution in [2.24, 2.45) is 0 Å². The Kier molecular flexibility index (Phi) is 5.03. The third-order valence-corrected chi connectivity index (χ3v) is 4.68. The van der Waals surface area contributed by atoms with E-state index in [4.69, 9.17) is 0 Å². The summed E-state index contributed by atoms with van der Waals surface area (Å²) in [7, 11) is 0. The van der Waals surface area contributed by atoms with Gasteiger partial charge in [0.15, 0.2) is 12.2 Å². The molecule has 0 saturated heterocycles. The van der Waals surface area contributed by atoms with E-state index in [2.05, 4.69) is 15.6 Å². The number of allylic oxidation sites excluding steroid dienone is 3. The lowest BCUT2D eigenvalue weighted by molar-refractivity contribution is -0.165. The quantitative estimate of drug-likeness (QED) is 0.748. The molecule has 2 aromatic rings. The highest BCUT2D eigenvalue weighted by Crippen LogP contribution is 2.34. The molecule has 5 nitrogen and oxygen atoms in total. The number of rotatable bonds is 4. The molecule has 0 aliphatic carbocycles. The predicted molar refractivity (Wildman–Crippen MR) is 102 cm³/mol. The Bertz CT molecular complexity index is 1030. The average molecular weight is 416 g/mol. The van der Waals surface area contributed by atoms with E-state index in [1.54, 1.807) is 24.4 Å². The molecular weight excluding hydrogens is 400 g/mol. The van der Waals surface area contributed by atoms with Crippen LogP contribution in [0.15, 0.2) is 78.8 Å². The minimum Gasteiger partial charge on any atom is -0.355 e. The fourth-order valence-corrected chi connectivity index (χ4v) is 3.30. The molecule has 0 spiro atoms. The van der Waals surface area contributed by atoms with Gasteiger partial charge in [0.05, 0.1) is 17.1 Å². The van der Waals surface area contributed by atoms with Gasteiger partial charge in [0.2, 0.25) is 0 Å². The van der Waals surface area contributed by atoms with Crippen LogP contribution in [0.1, 0.15) is 17.3 Å². The SMILES string of the molecule is O=C(NC(c1ccccn1)C(F)(F)F)C1NC(c2ccc(F)cc2)=C2C=CC=CN21. The maximum Gasteiger partial charge on any atom is 0.414 e. The molecule has 2 N–H and O–H groups in total. The second kappa shape index (κ2) is 7.66. The van der Waals surface area contributed by atoms with E-state index in [1.165, 1.54) is 53.6 Å². The van der Waals surface area contributed by atoms with E-state index in [-0.39, 0.29) is 5.69 Å². The van der Waals surface area contributed by atoms with Crippen LogP contribution in [0.3, 0.4) is 0 Å². The lowest BCUT2D eigenvalue weighted by atomic mass is 10.1. The summed E-state index contributed by atoms with van der Waals surface area (Å²) in [5, 5.41) is 5.01. The Balaban J connectivity index is 1.61.